The van der Waals surface area contributed by atoms with E-state index in [0.717, 1.165) is 45.8 Å². The van der Waals surface area contributed by atoms with E-state index in [1.54, 1.807) is 17.5 Å². The van der Waals surface area contributed by atoms with Gasteiger partial charge in [-0.15, -0.1) is 11.3 Å². The molecule has 29 heavy (non-hydrogen) atoms. The molecule has 0 N–H and O–H groups in total. The minimum Gasteiger partial charge on any atom is -0.330 e. The van der Waals surface area contributed by atoms with Crippen molar-refractivity contribution in [2.75, 3.05) is 0 Å². The highest BCUT2D eigenvalue weighted by Crippen LogP contribution is 2.32. The summed E-state index contributed by atoms with van der Waals surface area (Å²) in [6.07, 6.45) is 3.90. The van der Waals surface area contributed by atoms with Crippen LogP contribution in [0.15, 0.2) is 60.1 Å². The molecule has 0 saturated heterocycles. The first kappa shape index (κ1) is 17.9. The van der Waals surface area contributed by atoms with Crippen LogP contribution in [-0.4, -0.2) is 31.8 Å². The highest BCUT2D eigenvalue weighted by molar-refractivity contribution is 7.17. The van der Waals surface area contributed by atoms with E-state index in [2.05, 4.69) is 15.0 Å². The van der Waals surface area contributed by atoms with Gasteiger partial charge in [0.1, 0.15) is 5.82 Å². The van der Waals surface area contributed by atoms with E-state index in [1.165, 1.54) is 0 Å². The largest absolute Gasteiger partial charge is 0.330 e. The molecule has 4 aromatic rings. The number of pyridine rings is 1. The molecule has 1 aromatic carbocycles. The Kier molecular flexibility index (Phi) is 4.56. The summed E-state index contributed by atoms with van der Waals surface area (Å²) in [5.74, 6) is 0.811. The van der Waals surface area contributed by atoms with Crippen LogP contribution in [-0.2, 0) is 6.54 Å². The SMILES string of the molecule is Cc1nc(-c2ccc(C(=O)N(Cc3ccccn3)C3CC3)cc2)c2sccc2n1. The third-order valence-corrected chi connectivity index (χ3v) is 6.04. The summed E-state index contributed by atoms with van der Waals surface area (Å²) in [4.78, 5) is 28.6. The summed E-state index contributed by atoms with van der Waals surface area (Å²) in [5, 5.41) is 2.03. The maximum Gasteiger partial charge on any atom is 0.254 e. The van der Waals surface area contributed by atoms with Crippen LogP contribution in [0.5, 0.6) is 0 Å². The first-order chi connectivity index (χ1) is 14.2. The second-order valence-corrected chi connectivity index (χ2v) is 8.23. The molecule has 3 aromatic heterocycles. The van der Waals surface area contributed by atoms with Gasteiger partial charge in [-0.25, -0.2) is 9.97 Å². The van der Waals surface area contributed by atoms with E-state index in [1.807, 2.05) is 65.7 Å². The van der Waals surface area contributed by atoms with Crippen LogP contribution in [0.4, 0.5) is 0 Å². The van der Waals surface area contributed by atoms with Gasteiger partial charge in [0.2, 0.25) is 0 Å². The quantitative estimate of drug-likeness (QED) is 0.480. The number of carbonyl (C=O) groups is 1. The van der Waals surface area contributed by atoms with Gasteiger partial charge in [-0.3, -0.25) is 9.78 Å². The van der Waals surface area contributed by atoms with E-state index < -0.39 is 0 Å². The van der Waals surface area contributed by atoms with Gasteiger partial charge < -0.3 is 4.90 Å². The molecule has 0 unspecified atom stereocenters. The molecule has 0 spiro atoms. The first-order valence-electron chi connectivity index (χ1n) is 9.72. The Morgan fingerprint density at radius 3 is 2.66 bits per heavy atom. The predicted octanol–water partition coefficient (Wildman–Crippen LogP) is 4.87. The van der Waals surface area contributed by atoms with Gasteiger partial charge in [-0.2, -0.15) is 0 Å². The molecule has 0 radical (unpaired) electrons. The van der Waals surface area contributed by atoms with Gasteiger partial charge in [-0.05, 0) is 55.5 Å². The molecule has 3 heterocycles. The number of hydrogen-bond acceptors (Lipinski definition) is 5. The van der Waals surface area contributed by atoms with Crippen molar-refractivity contribution in [3.05, 3.63) is 77.2 Å². The zero-order valence-corrected chi connectivity index (χ0v) is 16.9. The van der Waals surface area contributed by atoms with Crippen LogP contribution in [0.25, 0.3) is 21.5 Å². The molecule has 0 aliphatic heterocycles. The van der Waals surface area contributed by atoms with Crippen LogP contribution in [0.1, 0.15) is 34.7 Å². The average Bonchev–Trinajstić information content (AvgIpc) is 3.49. The second-order valence-electron chi connectivity index (χ2n) is 7.32. The van der Waals surface area contributed by atoms with Crippen molar-refractivity contribution in [3.8, 4) is 11.3 Å². The Morgan fingerprint density at radius 1 is 1.10 bits per heavy atom. The van der Waals surface area contributed by atoms with Crippen molar-refractivity contribution in [2.24, 2.45) is 0 Å². The minimum atomic E-state index is 0.0600. The summed E-state index contributed by atoms with van der Waals surface area (Å²) in [6.45, 7) is 2.46. The predicted molar refractivity (Wildman–Crippen MR) is 115 cm³/mol. The molecule has 1 aliphatic rings. The number of benzene rings is 1. The lowest BCUT2D eigenvalue weighted by Gasteiger charge is -2.22. The number of aromatic nitrogens is 3. The summed E-state index contributed by atoms with van der Waals surface area (Å²) < 4.78 is 1.07. The van der Waals surface area contributed by atoms with E-state index in [4.69, 9.17) is 0 Å². The van der Waals surface area contributed by atoms with E-state index >= 15 is 0 Å². The smallest absolute Gasteiger partial charge is 0.254 e. The fraction of sp³-hybridized carbons (Fsp3) is 0.217. The monoisotopic (exact) mass is 400 g/mol. The average molecular weight is 401 g/mol. The van der Waals surface area contributed by atoms with Gasteiger partial charge in [-0.1, -0.05) is 18.2 Å². The number of hydrogen-bond donors (Lipinski definition) is 0. The number of nitrogens with zero attached hydrogens (tertiary/aromatic N) is 4. The lowest BCUT2D eigenvalue weighted by Crippen LogP contribution is -2.32. The van der Waals surface area contributed by atoms with Crippen molar-refractivity contribution in [1.29, 1.82) is 0 Å². The fourth-order valence-electron chi connectivity index (χ4n) is 3.53. The Hall–Kier alpha value is -3.12. The molecule has 1 fully saturated rings. The first-order valence-corrected chi connectivity index (χ1v) is 10.6. The molecule has 1 saturated carbocycles. The Morgan fingerprint density at radius 2 is 1.93 bits per heavy atom. The Bertz CT molecular complexity index is 1170. The van der Waals surface area contributed by atoms with E-state index in [-0.39, 0.29) is 5.91 Å². The second kappa shape index (κ2) is 7.37. The maximum atomic E-state index is 13.2. The van der Waals surface area contributed by atoms with Crippen LogP contribution in [0.3, 0.4) is 0 Å². The normalized spacial score (nSPS) is 13.6. The number of amides is 1. The lowest BCUT2D eigenvalue weighted by molar-refractivity contribution is 0.0728. The topological polar surface area (TPSA) is 59.0 Å². The van der Waals surface area contributed by atoms with Crippen LogP contribution < -0.4 is 0 Å². The Labute approximate surface area is 173 Å². The summed E-state index contributed by atoms with van der Waals surface area (Å²) in [7, 11) is 0. The van der Waals surface area contributed by atoms with Crippen LogP contribution in [0.2, 0.25) is 0 Å². The summed E-state index contributed by atoms with van der Waals surface area (Å²) >= 11 is 1.64. The minimum absolute atomic E-state index is 0.0600. The molecule has 5 rings (SSSR count). The summed E-state index contributed by atoms with van der Waals surface area (Å²) in [6, 6.07) is 15.9. The third-order valence-electron chi connectivity index (χ3n) is 5.13. The molecule has 144 valence electrons. The van der Waals surface area contributed by atoms with Crippen LogP contribution in [0, 0.1) is 6.92 Å². The molecular weight excluding hydrogens is 380 g/mol. The van der Waals surface area contributed by atoms with Gasteiger partial charge in [0, 0.05) is 23.4 Å². The number of carbonyl (C=O) groups excluding carboxylic acids is 1. The highest BCUT2D eigenvalue weighted by atomic mass is 32.1. The zero-order valence-electron chi connectivity index (χ0n) is 16.1. The highest BCUT2D eigenvalue weighted by Gasteiger charge is 2.33. The van der Waals surface area contributed by atoms with Gasteiger partial charge in [0.15, 0.2) is 0 Å². The van der Waals surface area contributed by atoms with Crippen LogP contribution >= 0.6 is 11.3 Å². The molecular formula is C23H20N4OS. The zero-order chi connectivity index (χ0) is 19.8. The maximum absolute atomic E-state index is 13.2. The van der Waals surface area contributed by atoms with Crippen molar-refractivity contribution in [2.45, 2.75) is 32.4 Å². The standard InChI is InChI=1S/C23H20N4OS/c1-15-25-20-11-13-29-22(20)21(26-15)16-5-7-17(8-6-16)23(28)27(19-9-10-19)14-18-4-2-3-12-24-18/h2-8,11-13,19H,9-10,14H2,1H3. The van der Waals surface area contributed by atoms with Gasteiger partial charge in [0.05, 0.1) is 28.1 Å². The fourth-order valence-corrected chi connectivity index (χ4v) is 4.37. The number of fused-ring (bicyclic) bond motifs is 1. The molecule has 0 bridgehead atoms. The molecule has 1 amide bonds. The lowest BCUT2D eigenvalue weighted by atomic mass is 10.1. The molecule has 5 nitrogen and oxygen atoms in total. The van der Waals surface area contributed by atoms with E-state index in [9.17, 15) is 4.79 Å². The van der Waals surface area contributed by atoms with Gasteiger partial charge >= 0.3 is 0 Å². The molecule has 6 heteroatoms. The van der Waals surface area contributed by atoms with Crippen molar-refractivity contribution in [1.82, 2.24) is 19.9 Å². The van der Waals surface area contributed by atoms with Crippen molar-refractivity contribution >= 4 is 27.5 Å². The molecule has 1 aliphatic carbocycles. The summed E-state index contributed by atoms with van der Waals surface area (Å²) in [5.41, 5.74) is 4.51. The van der Waals surface area contributed by atoms with E-state index in [0.29, 0.717) is 18.2 Å². The number of aryl methyl sites for hydroxylation is 1. The number of thiophene rings is 1. The van der Waals surface area contributed by atoms with Crippen molar-refractivity contribution in [3.63, 3.8) is 0 Å². The number of rotatable bonds is 5. The molecule has 0 atom stereocenters. The van der Waals surface area contributed by atoms with Crippen molar-refractivity contribution < 1.29 is 4.79 Å². The Balaban J connectivity index is 1.43. The third kappa shape index (κ3) is 3.63. The van der Waals surface area contributed by atoms with Gasteiger partial charge in [0.25, 0.3) is 5.91 Å².